The van der Waals surface area contributed by atoms with Crippen LogP contribution in [0.25, 0.3) is 0 Å². The molecule has 0 radical (unpaired) electrons. The van der Waals surface area contributed by atoms with Crippen LogP contribution < -0.4 is 0 Å². The van der Waals surface area contributed by atoms with Crippen LogP contribution in [0.1, 0.15) is 32.6 Å². The number of alkyl halides is 2. The van der Waals surface area contributed by atoms with Crippen molar-refractivity contribution in [3.8, 4) is 0 Å². The molecule has 0 aliphatic heterocycles. The van der Waals surface area contributed by atoms with Gasteiger partial charge < -0.3 is 4.74 Å². The zero-order chi connectivity index (χ0) is 9.40. The van der Waals surface area contributed by atoms with E-state index in [0.717, 1.165) is 12.8 Å². The lowest BCUT2D eigenvalue weighted by molar-refractivity contribution is -0.144. The molecule has 0 bridgehead atoms. The van der Waals surface area contributed by atoms with Gasteiger partial charge in [-0.15, -0.1) is 0 Å². The Labute approximate surface area is 70.9 Å². The largest absolute Gasteiger partial charge is 0.465 e. The van der Waals surface area contributed by atoms with Crippen LogP contribution in [0.5, 0.6) is 0 Å². The number of hydrogen-bond acceptors (Lipinski definition) is 2. The second-order valence-electron chi connectivity index (χ2n) is 2.50. The lowest BCUT2D eigenvalue weighted by atomic mass is 10.2. The van der Waals surface area contributed by atoms with E-state index in [1.54, 1.807) is 0 Å². The lowest BCUT2D eigenvalue weighted by Gasteiger charge is -2.02. The smallest absolute Gasteiger partial charge is 0.305 e. The minimum atomic E-state index is -2.39. The first-order valence-electron chi connectivity index (χ1n) is 4.10. The van der Waals surface area contributed by atoms with Crippen molar-refractivity contribution >= 4 is 5.97 Å². The van der Waals surface area contributed by atoms with Gasteiger partial charge >= 0.3 is 5.97 Å². The van der Waals surface area contributed by atoms with E-state index in [2.05, 4.69) is 4.74 Å². The number of halogens is 2. The van der Waals surface area contributed by atoms with Crippen molar-refractivity contribution in [2.45, 2.75) is 39.0 Å². The van der Waals surface area contributed by atoms with Crippen LogP contribution in [-0.4, -0.2) is 19.0 Å². The third kappa shape index (κ3) is 7.44. The summed E-state index contributed by atoms with van der Waals surface area (Å²) in [5.41, 5.74) is 0. The highest BCUT2D eigenvalue weighted by Crippen LogP contribution is 2.01. The van der Waals surface area contributed by atoms with Gasteiger partial charge in [0, 0.05) is 12.8 Å². The Kier molecular flexibility index (Phi) is 6.61. The topological polar surface area (TPSA) is 26.3 Å². The van der Waals surface area contributed by atoms with Crippen LogP contribution in [0.15, 0.2) is 0 Å². The molecule has 0 aromatic heterocycles. The molecule has 0 N–H and O–H groups in total. The fraction of sp³-hybridized carbons (Fsp3) is 0.875. The first-order chi connectivity index (χ1) is 5.66. The van der Waals surface area contributed by atoms with Crippen molar-refractivity contribution in [2.24, 2.45) is 0 Å². The van der Waals surface area contributed by atoms with Gasteiger partial charge in [-0.1, -0.05) is 13.3 Å². The standard InChI is InChI=1S/C8H14F2O2/c1-2-3-4-8(11)12-6-5-7(9)10/h7H,2-6H2,1H3. The SMILES string of the molecule is CCCCC(=O)OCCC(F)F. The summed E-state index contributed by atoms with van der Waals surface area (Å²) < 4.78 is 27.6. The van der Waals surface area contributed by atoms with E-state index in [1.165, 1.54) is 0 Å². The normalized spacial score (nSPS) is 10.3. The highest BCUT2D eigenvalue weighted by atomic mass is 19.3. The van der Waals surface area contributed by atoms with Crippen LogP contribution in [-0.2, 0) is 9.53 Å². The summed E-state index contributed by atoms with van der Waals surface area (Å²) in [6, 6.07) is 0. The molecule has 0 aromatic carbocycles. The van der Waals surface area contributed by atoms with Gasteiger partial charge in [-0.2, -0.15) is 0 Å². The molecule has 0 saturated carbocycles. The van der Waals surface area contributed by atoms with Crippen LogP contribution in [0, 0.1) is 0 Å². The van der Waals surface area contributed by atoms with Crippen molar-refractivity contribution in [1.29, 1.82) is 0 Å². The third-order valence-electron chi connectivity index (χ3n) is 1.33. The molecule has 4 heteroatoms. The minimum absolute atomic E-state index is 0.166. The number of carbonyl (C=O) groups excluding carboxylic acids is 1. The molecular formula is C8H14F2O2. The Hall–Kier alpha value is -0.670. The molecule has 2 nitrogen and oxygen atoms in total. The molecule has 72 valence electrons. The summed E-state index contributed by atoms with van der Waals surface area (Å²) in [4.78, 5) is 10.7. The summed E-state index contributed by atoms with van der Waals surface area (Å²) >= 11 is 0. The Bertz CT molecular complexity index is 126. The fourth-order valence-corrected chi connectivity index (χ4v) is 0.655. The first kappa shape index (κ1) is 11.3. The zero-order valence-electron chi connectivity index (χ0n) is 7.19. The van der Waals surface area contributed by atoms with Gasteiger partial charge in [0.25, 0.3) is 0 Å². The highest BCUT2D eigenvalue weighted by Gasteiger charge is 2.05. The summed E-state index contributed by atoms with van der Waals surface area (Å²) in [6.45, 7) is 1.78. The summed E-state index contributed by atoms with van der Waals surface area (Å²) in [6.07, 6.45) is -0.751. The van der Waals surface area contributed by atoms with Crippen LogP contribution in [0.2, 0.25) is 0 Å². The van der Waals surface area contributed by atoms with Crippen molar-refractivity contribution in [2.75, 3.05) is 6.61 Å². The molecule has 0 amide bonds. The van der Waals surface area contributed by atoms with Crippen molar-refractivity contribution in [3.63, 3.8) is 0 Å². The number of ether oxygens (including phenoxy) is 1. The number of carbonyl (C=O) groups is 1. The van der Waals surface area contributed by atoms with Gasteiger partial charge in [-0.3, -0.25) is 4.79 Å². The van der Waals surface area contributed by atoms with E-state index in [0.29, 0.717) is 6.42 Å². The molecule has 0 atom stereocenters. The molecule has 0 unspecified atom stereocenters. The van der Waals surface area contributed by atoms with Crippen LogP contribution in [0.3, 0.4) is 0 Å². The van der Waals surface area contributed by atoms with Crippen molar-refractivity contribution < 1.29 is 18.3 Å². The summed E-state index contributed by atoms with van der Waals surface area (Å²) in [5.74, 6) is -0.377. The van der Waals surface area contributed by atoms with Gasteiger partial charge in [0.05, 0.1) is 6.61 Å². The molecule has 0 fully saturated rings. The third-order valence-corrected chi connectivity index (χ3v) is 1.33. The molecule has 0 aromatic rings. The maximum absolute atomic E-state index is 11.5. The summed E-state index contributed by atoms with van der Waals surface area (Å²) in [5, 5.41) is 0. The summed E-state index contributed by atoms with van der Waals surface area (Å²) in [7, 11) is 0. The molecule has 0 aliphatic rings. The monoisotopic (exact) mass is 180 g/mol. The van der Waals surface area contributed by atoms with Crippen molar-refractivity contribution in [1.82, 2.24) is 0 Å². The van der Waals surface area contributed by atoms with E-state index in [9.17, 15) is 13.6 Å². The molecule has 0 heterocycles. The molecule has 0 rings (SSSR count). The number of rotatable bonds is 6. The van der Waals surface area contributed by atoms with E-state index in [4.69, 9.17) is 0 Å². The van der Waals surface area contributed by atoms with Gasteiger partial charge in [0.15, 0.2) is 0 Å². The maximum Gasteiger partial charge on any atom is 0.305 e. The molecule has 0 saturated heterocycles. The van der Waals surface area contributed by atoms with E-state index in [1.807, 2.05) is 6.92 Å². The average molecular weight is 180 g/mol. The molecule has 0 aliphatic carbocycles. The van der Waals surface area contributed by atoms with E-state index < -0.39 is 6.43 Å². The average Bonchev–Trinajstić information content (AvgIpc) is 2.00. The fourth-order valence-electron chi connectivity index (χ4n) is 0.655. The number of unbranched alkanes of at least 4 members (excludes halogenated alkanes) is 1. The second kappa shape index (κ2) is 7.00. The van der Waals surface area contributed by atoms with Gasteiger partial charge in [-0.25, -0.2) is 8.78 Å². The molecular weight excluding hydrogens is 166 g/mol. The van der Waals surface area contributed by atoms with E-state index in [-0.39, 0.29) is 19.0 Å². The maximum atomic E-state index is 11.5. The van der Waals surface area contributed by atoms with Gasteiger partial charge in [0.1, 0.15) is 0 Å². The first-order valence-corrected chi connectivity index (χ1v) is 4.10. The Morgan fingerprint density at radius 3 is 2.67 bits per heavy atom. The van der Waals surface area contributed by atoms with Gasteiger partial charge in [0.2, 0.25) is 6.43 Å². The predicted octanol–water partition coefficient (Wildman–Crippen LogP) is 2.38. The lowest BCUT2D eigenvalue weighted by Crippen LogP contribution is -2.07. The minimum Gasteiger partial charge on any atom is -0.465 e. The van der Waals surface area contributed by atoms with Crippen molar-refractivity contribution in [3.05, 3.63) is 0 Å². The predicted molar refractivity (Wildman–Crippen MR) is 41.1 cm³/mol. The quantitative estimate of drug-likeness (QED) is 0.586. The molecule has 12 heavy (non-hydrogen) atoms. The number of esters is 1. The molecule has 0 spiro atoms. The Balaban J connectivity index is 3.20. The van der Waals surface area contributed by atoms with Gasteiger partial charge in [-0.05, 0) is 6.42 Å². The van der Waals surface area contributed by atoms with E-state index >= 15 is 0 Å². The second-order valence-corrected chi connectivity index (χ2v) is 2.50. The highest BCUT2D eigenvalue weighted by molar-refractivity contribution is 5.69. The Morgan fingerprint density at radius 2 is 2.17 bits per heavy atom. The number of hydrogen-bond donors (Lipinski definition) is 0. The zero-order valence-corrected chi connectivity index (χ0v) is 7.19. The van der Waals surface area contributed by atoms with Crippen LogP contribution >= 0.6 is 0 Å². The Morgan fingerprint density at radius 1 is 1.50 bits per heavy atom. The van der Waals surface area contributed by atoms with Crippen LogP contribution in [0.4, 0.5) is 8.78 Å².